The minimum atomic E-state index is -0.234. The van der Waals surface area contributed by atoms with Crippen LogP contribution in [-0.2, 0) is 6.42 Å². The van der Waals surface area contributed by atoms with Crippen LogP contribution in [0.25, 0.3) is 0 Å². The van der Waals surface area contributed by atoms with E-state index in [1.165, 1.54) is 6.20 Å². The van der Waals surface area contributed by atoms with E-state index in [-0.39, 0.29) is 6.04 Å². The molecule has 2 rings (SSSR count). The van der Waals surface area contributed by atoms with Crippen molar-refractivity contribution in [2.24, 2.45) is 5.73 Å². The Hall–Kier alpha value is -1.17. The van der Waals surface area contributed by atoms with Crippen LogP contribution >= 0.6 is 22.9 Å². The lowest BCUT2D eigenvalue weighted by atomic mass is 10.0. The molecule has 2 aromatic heterocycles. The first-order valence-corrected chi connectivity index (χ1v) is 6.39. The Morgan fingerprint density at radius 1 is 1.53 bits per heavy atom. The van der Waals surface area contributed by atoms with Crippen molar-refractivity contribution in [1.82, 2.24) is 9.97 Å². The van der Waals surface area contributed by atoms with E-state index in [4.69, 9.17) is 23.1 Å². The highest BCUT2D eigenvalue weighted by Gasteiger charge is 2.13. The molecule has 4 nitrogen and oxygen atoms in total. The van der Waals surface area contributed by atoms with Crippen LogP contribution in [0.4, 0.5) is 5.82 Å². The lowest BCUT2D eigenvalue weighted by molar-refractivity contribution is 0.708. The highest BCUT2D eigenvalue weighted by atomic mass is 35.5. The molecule has 0 radical (unpaired) electrons. The molecule has 0 fully saturated rings. The first-order chi connectivity index (χ1) is 8.06. The maximum Gasteiger partial charge on any atom is 0.128 e. The van der Waals surface area contributed by atoms with E-state index in [0.29, 0.717) is 17.3 Å². The summed E-state index contributed by atoms with van der Waals surface area (Å²) >= 11 is 7.49. The molecule has 0 aliphatic heterocycles. The molecule has 0 bridgehead atoms. The summed E-state index contributed by atoms with van der Waals surface area (Å²) in [4.78, 5) is 8.37. The molecule has 4 N–H and O–H groups in total. The van der Waals surface area contributed by atoms with Gasteiger partial charge in [0, 0.05) is 29.6 Å². The van der Waals surface area contributed by atoms with Gasteiger partial charge in [-0.1, -0.05) is 11.6 Å². The summed E-state index contributed by atoms with van der Waals surface area (Å²) in [6.45, 7) is 1.97. The van der Waals surface area contributed by atoms with Crippen molar-refractivity contribution in [3.8, 4) is 0 Å². The Morgan fingerprint density at radius 2 is 2.29 bits per heavy atom. The van der Waals surface area contributed by atoms with Crippen LogP contribution in [-0.4, -0.2) is 9.97 Å². The predicted octanol–water partition coefficient (Wildman–Crippen LogP) is 2.32. The van der Waals surface area contributed by atoms with E-state index in [1.807, 2.05) is 12.3 Å². The van der Waals surface area contributed by atoms with Crippen LogP contribution in [0.1, 0.15) is 22.3 Å². The van der Waals surface area contributed by atoms with Gasteiger partial charge in [-0.15, -0.1) is 11.3 Å². The van der Waals surface area contributed by atoms with Gasteiger partial charge >= 0.3 is 0 Å². The second-order valence-corrected chi connectivity index (χ2v) is 5.30. The number of nitrogen functional groups attached to an aromatic ring is 1. The Labute approximate surface area is 109 Å². The first kappa shape index (κ1) is 12.3. The number of nitrogens with two attached hydrogens (primary N) is 2. The summed E-state index contributed by atoms with van der Waals surface area (Å²) in [6, 6.07) is 1.52. The topological polar surface area (TPSA) is 77.8 Å². The zero-order valence-corrected chi connectivity index (χ0v) is 10.9. The molecule has 0 saturated heterocycles. The van der Waals surface area contributed by atoms with E-state index >= 15 is 0 Å². The summed E-state index contributed by atoms with van der Waals surface area (Å²) < 4.78 is 0. The number of thiazole rings is 1. The van der Waals surface area contributed by atoms with Crippen LogP contribution in [0.15, 0.2) is 17.6 Å². The van der Waals surface area contributed by atoms with Gasteiger partial charge in [-0.2, -0.15) is 0 Å². The molecule has 0 aliphatic rings. The van der Waals surface area contributed by atoms with Gasteiger partial charge in [0.2, 0.25) is 0 Å². The standard InChI is InChI=1S/C11H13ClN4S/c1-6-16-8(5-17-6)3-10(13)9-2-7(12)4-15-11(9)14/h2,4-5,10H,3,13H2,1H3,(H2,14,15). The summed E-state index contributed by atoms with van der Waals surface area (Å²) in [5, 5.41) is 3.58. The largest absolute Gasteiger partial charge is 0.383 e. The van der Waals surface area contributed by atoms with Crippen molar-refractivity contribution in [2.45, 2.75) is 19.4 Å². The van der Waals surface area contributed by atoms with Crippen molar-refractivity contribution >= 4 is 28.8 Å². The van der Waals surface area contributed by atoms with Gasteiger partial charge in [0.15, 0.2) is 0 Å². The number of aromatic nitrogens is 2. The average molecular weight is 269 g/mol. The number of halogens is 1. The minimum Gasteiger partial charge on any atom is -0.383 e. The number of hydrogen-bond donors (Lipinski definition) is 2. The Balaban J connectivity index is 2.19. The number of anilines is 1. The second-order valence-electron chi connectivity index (χ2n) is 3.80. The molecule has 0 aliphatic carbocycles. The average Bonchev–Trinajstić information content (AvgIpc) is 2.67. The number of nitrogens with zero attached hydrogens (tertiary/aromatic N) is 2. The maximum atomic E-state index is 6.09. The monoisotopic (exact) mass is 268 g/mol. The fourth-order valence-electron chi connectivity index (χ4n) is 1.60. The van der Waals surface area contributed by atoms with Crippen molar-refractivity contribution in [3.05, 3.63) is 38.9 Å². The Morgan fingerprint density at radius 3 is 2.94 bits per heavy atom. The molecule has 17 heavy (non-hydrogen) atoms. The van der Waals surface area contributed by atoms with Gasteiger partial charge in [-0.25, -0.2) is 9.97 Å². The normalized spacial score (nSPS) is 12.6. The third-order valence-electron chi connectivity index (χ3n) is 2.41. The number of pyridine rings is 1. The lowest BCUT2D eigenvalue weighted by Gasteiger charge is -2.12. The summed E-state index contributed by atoms with van der Waals surface area (Å²) in [5.41, 5.74) is 13.6. The van der Waals surface area contributed by atoms with Crippen LogP contribution in [0.3, 0.4) is 0 Å². The van der Waals surface area contributed by atoms with E-state index in [9.17, 15) is 0 Å². The number of rotatable bonds is 3. The zero-order chi connectivity index (χ0) is 12.4. The Kier molecular flexibility index (Phi) is 3.61. The molecule has 0 saturated carbocycles. The fourth-order valence-corrected chi connectivity index (χ4v) is 2.39. The molecule has 2 heterocycles. The van der Waals surface area contributed by atoms with Gasteiger partial charge in [0.25, 0.3) is 0 Å². The molecule has 0 amide bonds. The molecule has 2 aromatic rings. The van der Waals surface area contributed by atoms with Crippen LogP contribution in [0, 0.1) is 6.92 Å². The molecular formula is C11H13ClN4S. The highest BCUT2D eigenvalue weighted by Crippen LogP contribution is 2.23. The van der Waals surface area contributed by atoms with Crippen molar-refractivity contribution in [3.63, 3.8) is 0 Å². The van der Waals surface area contributed by atoms with Crippen LogP contribution in [0.2, 0.25) is 5.02 Å². The smallest absolute Gasteiger partial charge is 0.128 e. The molecule has 0 aromatic carbocycles. The molecule has 1 atom stereocenters. The van der Waals surface area contributed by atoms with Crippen molar-refractivity contribution < 1.29 is 0 Å². The van der Waals surface area contributed by atoms with Gasteiger partial charge in [0.1, 0.15) is 5.82 Å². The third-order valence-corrected chi connectivity index (χ3v) is 3.44. The predicted molar refractivity (Wildman–Crippen MR) is 71.1 cm³/mol. The van der Waals surface area contributed by atoms with Gasteiger partial charge in [-0.05, 0) is 13.0 Å². The van der Waals surface area contributed by atoms with Crippen molar-refractivity contribution in [1.29, 1.82) is 0 Å². The summed E-state index contributed by atoms with van der Waals surface area (Å²) in [7, 11) is 0. The van der Waals surface area contributed by atoms with Crippen molar-refractivity contribution in [2.75, 3.05) is 5.73 Å². The van der Waals surface area contributed by atoms with Gasteiger partial charge in [-0.3, -0.25) is 0 Å². The summed E-state index contributed by atoms with van der Waals surface area (Å²) in [5.74, 6) is 0.425. The SMILES string of the molecule is Cc1nc(CC(N)c2cc(Cl)cnc2N)cs1. The maximum absolute atomic E-state index is 6.09. The fraction of sp³-hybridized carbons (Fsp3) is 0.273. The second kappa shape index (κ2) is 5.00. The molecule has 1 unspecified atom stereocenters. The quantitative estimate of drug-likeness (QED) is 0.896. The van der Waals surface area contributed by atoms with Crippen LogP contribution in [0.5, 0.6) is 0 Å². The lowest BCUT2D eigenvalue weighted by Crippen LogP contribution is -2.16. The van der Waals surface area contributed by atoms with E-state index in [1.54, 1.807) is 17.4 Å². The highest BCUT2D eigenvalue weighted by molar-refractivity contribution is 7.09. The third kappa shape index (κ3) is 2.94. The van der Waals surface area contributed by atoms with E-state index < -0.39 is 0 Å². The number of hydrogen-bond acceptors (Lipinski definition) is 5. The first-order valence-electron chi connectivity index (χ1n) is 5.14. The number of aryl methyl sites for hydroxylation is 1. The molecular weight excluding hydrogens is 256 g/mol. The molecule has 6 heteroatoms. The van der Waals surface area contributed by atoms with E-state index in [2.05, 4.69) is 9.97 Å². The minimum absolute atomic E-state index is 0.234. The zero-order valence-electron chi connectivity index (χ0n) is 9.35. The summed E-state index contributed by atoms with van der Waals surface area (Å²) in [6.07, 6.45) is 2.15. The van der Waals surface area contributed by atoms with E-state index in [0.717, 1.165) is 16.3 Å². The van der Waals surface area contributed by atoms with Crippen LogP contribution < -0.4 is 11.5 Å². The van der Waals surface area contributed by atoms with Gasteiger partial charge in [0.05, 0.1) is 15.7 Å². The molecule has 0 spiro atoms. The Bertz CT molecular complexity index is 526. The molecule has 90 valence electrons. The van der Waals surface area contributed by atoms with Gasteiger partial charge < -0.3 is 11.5 Å².